The van der Waals surface area contributed by atoms with Gasteiger partial charge in [0.25, 0.3) is 0 Å². The van der Waals surface area contributed by atoms with Gasteiger partial charge in [-0.05, 0) is 31.0 Å². The van der Waals surface area contributed by atoms with Gasteiger partial charge in [0.05, 0.1) is 0 Å². The number of anilines is 1. The van der Waals surface area contributed by atoms with Crippen molar-refractivity contribution in [2.75, 3.05) is 24.5 Å². The Kier molecular flexibility index (Phi) is 4.89. The summed E-state index contributed by atoms with van der Waals surface area (Å²) in [7, 11) is 0. The van der Waals surface area contributed by atoms with Gasteiger partial charge < -0.3 is 4.90 Å². The highest BCUT2D eigenvalue weighted by Gasteiger charge is 2.22. The third-order valence-electron chi connectivity index (χ3n) is 4.32. The molecule has 0 amide bonds. The Hall–Kier alpha value is -2.38. The van der Waals surface area contributed by atoms with Crippen molar-refractivity contribution in [1.82, 2.24) is 9.88 Å². The predicted molar refractivity (Wildman–Crippen MR) is 92.1 cm³/mol. The number of nitriles is 1. The lowest BCUT2D eigenvalue weighted by atomic mass is 10.2. The highest BCUT2D eigenvalue weighted by atomic mass is 15.3. The first-order valence-electron chi connectivity index (χ1n) is 8.16. The lowest BCUT2D eigenvalue weighted by Gasteiger charge is -2.30. The molecule has 1 aromatic heterocycles. The van der Waals surface area contributed by atoms with Crippen LogP contribution in [0.3, 0.4) is 0 Å². The molecule has 2 heterocycles. The highest BCUT2D eigenvalue weighted by Crippen LogP contribution is 2.19. The minimum Gasteiger partial charge on any atom is -0.353 e. The molecule has 0 radical (unpaired) electrons. The van der Waals surface area contributed by atoms with Gasteiger partial charge in [0, 0.05) is 32.2 Å². The molecule has 1 aliphatic rings. The molecule has 1 fully saturated rings. The molecule has 118 valence electrons. The Morgan fingerprint density at radius 3 is 2.74 bits per heavy atom. The summed E-state index contributed by atoms with van der Waals surface area (Å²) in [5.74, 6) is 0.915. The average Bonchev–Trinajstić information content (AvgIpc) is 2.77. The number of pyridine rings is 1. The van der Waals surface area contributed by atoms with Gasteiger partial charge in [0.2, 0.25) is 0 Å². The van der Waals surface area contributed by atoms with Gasteiger partial charge in [-0.3, -0.25) is 4.90 Å². The minimum atomic E-state index is 0.377. The van der Waals surface area contributed by atoms with Crippen LogP contribution in [0.25, 0.3) is 0 Å². The molecule has 2 aromatic rings. The van der Waals surface area contributed by atoms with E-state index in [1.807, 2.05) is 12.1 Å². The first-order valence-corrected chi connectivity index (χ1v) is 8.16. The Labute approximate surface area is 138 Å². The molecule has 1 aliphatic heterocycles. The van der Waals surface area contributed by atoms with Crippen molar-refractivity contribution >= 4 is 5.82 Å². The van der Waals surface area contributed by atoms with Gasteiger partial charge >= 0.3 is 0 Å². The van der Waals surface area contributed by atoms with E-state index in [1.165, 1.54) is 5.56 Å². The second kappa shape index (κ2) is 7.26. The fourth-order valence-corrected chi connectivity index (χ4v) is 3.22. The average molecular weight is 306 g/mol. The predicted octanol–water partition coefficient (Wildman–Crippen LogP) is 3.05. The van der Waals surface area contributed by atoms with Crippen LogP contribution in [0.1, 0.15) is 24.6 Å². The molecule has 23 heavy (non-hydrogen) atoms. The molecule has 1 unspecified atom stereocenters. The van der Waals surface area contributed by atoms with E-state index in [9.17, 15) is 0 Å². The van der Waals surface area contributed by atoms with E-state index in [4.69, 9.17) is 5.26 Å². The number of benzene rings is 1. The zero-order valence-electron chi connectivity index (χ0n) is 13.5. The molecular weight excluding hydrogens is 284 g/mol. The summed E-state index contributed by atoms with van der Waals surface area (Å²) < 4.78 is 0. The van der Waals surface area contributed by atoms with E-state index in [0.29, 0.717) is 11.7 Å². The standard InChI is InChI=1S/C19H22N4/c1-16-14-22(15-17-7-3-2-4-8-17)11-6-12-23(16)19-10-5-9-18(13-20)21-19/h2-5,7-10,16H,6,11-12,14-15H2,1H3. The zero-order chi connectivity index (χ0) is 16.1. The van der Waals surface area contributed by atoms with Crippen molar-refractivity contribution < 1.29 is 0 Å². The van der Waals surface area contributed by atoms with Crippen molar-refractivity contribution in [2.45, 2.75) is 25.9 Å². The number of hydrogen-bond donors (Lipinski definition) is 0. The second-order valence-electron chi connectivity index (χ2n) is 6.11. The summed E-state index contributed by atoms with van der Waals surface area (Å²) in [4.78, 5) is 9.30. The van der Waals surface area contributed by atoms with E-state index in [-0.39, 0.29) is 0 Å². The van der Waals surface area contributed by atoms with E-state index in [1.54, 1.807) is 6.07 Å². The van der Waals surface area contributed by atoms with Gasteiger partial charge in [0.15, 0.2) is 0 Å². The molecule has 1 aromatic carbocycles. The first kappa shape index (κ1) is 15.5. The van der Waals surface area contributed by atoms with Crippen LogP contribution in [0, 0.1) is 11.3 Å². The summed E-state index contributed by atoms with van der Waals surface area (Å²) in [6.07, 6.45) is 1.11. The maximum absolute atomic E-state index is 9.05. The van der Waals surface area contributed by atoms with Crippen molar-refractivity contribution in [3.05, 3.63) is 59.8 Å². The van der Waals surface area contributed by atoms with Crippen molar-refractivity contribution in [3.8, 4) is 6.07 Å². The van der Waals surface area contributed by atoms with Gasteiger partial charge in [-0.2, -0.15) is 5.26 Å². The Bertz CT molecular complexity index is 677. The largest absolute Gasteiger partial charge is 0.353 e. The fourth-order valence-electron chi connectivity index (χ4n) is 3.22. The third-order valence-corrected chi connectivity index (χ3v) is 4.32. The second-order valence-corrected chi connectivity index (χ2v) is 6.11. The van der Waals surface area contributed by atoms with Crippen molar-refractivity contribution in [1.29, 1.82) is 5.26 Å². The van der Waals surface area contributed by atoms with Crippen LogP contribution < -0.4 is 4.90 Å². The summed E-state index contributed by atoms with van der Waals surface area (Å²) in [5, 5.41) is 9.05. The number of rotatable bonds is 3. The van der Waals surface area contributed by atoms with Crippen molar-refractivity contribution in [3.63, 3.8) is 0 Å². The Morgan fingerprint density at radius 1 is 1.13 bits per heavy atom. The summed E-state index contributed by atoms with van der Waals surface area (Å²) in [6.45, 7) is 6.31. The molecule has 0 saturated carbocycles. The third kappa shape index (κ3) is 3.88. The van der Waals surface area contributed by atoms with E-state index in [2.05, 4.69) is 58.1 Å². The maximum Gasteiger partial charge on any atom is 0.142 e. The molecule has 0 aliphatic carbocycles. The molecule has 1 saturated heterocycles. The van der Waals surface area contributed by atoms with Crippen LogP contribution >= 0.6 is 0 Å². The number of nitrogens with zero attached hydrogens (tertiary/aromatic N) is 4. The quantitative estimate of drug-likeness (QED) is 0.874. The smallest absolute Gasteiger partial charge is 0.142 e. The normalized spacial score (nSPS) is 19.1. The SMILES string of the molecule is CC1CN(Cc2ccccc2)CCCN1c1cccc(C#N)n1. The summed E-state index contributed by atoms with van der Waals surface area (Å²) in [5.41, 5.74) is 1.85. The van der Waals surface area contributed by atoms with Crippen LogP contribution in [-0.4, -0.2) is 35.6 Å². The molecule has 0 spiro atoms. The monoisotopic (exact) mass is 306 g/mol. The van der Waals surface area contributed by atoms with E-state index < -0.39 is 0 Å². The Balaban J connectivity index is 1.71. The Morgan fingerprint density at radius 2 is 1.96 bits per heavy atom. The first-order chi connectivity index (χ1) is 11.3. The number of hydrogen-bond acceptors (Lipinski definition) is 4. The molecule has 3 rings (SSSR count). The van der Waals surface area contributed by atoms with Gasteiger partial charge in [-0.15, -0.1) is 0 Å². The van der Waals surface area contributed by atoms with E-state index in [0.717, 1.165) is 38.4 Å². The lowest BCUT2D eigenvalue weighted by molar-refractivity contribution is 0.268. The molecule has 1 atom stereocenters. The van der Waals surface area contributed by atoms with Gasteiger partial charge in [-0.1, -0.05) is 36.4 Å². The van der Waals surface area contributed by atoms with Crippen molar-refractivity contribution in [2.24, 2.45) is 0 Å². The minimum absolute atomic E-state index is 0.377. The molecule has 4 nitrogen and oxygen atoms in total. The van der Waals surface area contributed by atoms with Gasteiger partial charge in [-0.25, -0.2) is 4.98 Å². The van der Waals surface area contributed by atoms with Crippen LogP contribution in [0.4, 0.5) is 5.82 Å². The maximum atomic E-state index is 9.05. The molecule has 0 bridgehead atoms. The topological polar surface area (TPSA) is 43.2 Å². The highest BCUT2D eigenvalue weighted by molar-refractivity contribution is 5.42. The van der Waals surface area contributed by atoms with Crippen LogP contribution in [-0.2, 0) is 6.54 Å². The zero-order valence-corrected chi connectivity index (χ0v) is 13.5. The van der Waals surface area contributed by atoms with Gasteiger partial charge in [0.1, 0.15) is 17.6 Å². The molecule has 4 heteroatoms. The number of aromatic nitrogens is 1. The van der Waals surface area contributed by atoms with E-state index >= 15 is 0 Å². The molecular formula is C19H22N4. The fraction of sp³-hybridized carbons (Fsp3) is 0.368. The summed E-state index contributed by atoms with van der Waals surface area (Å²) in [6, 6.07) is 18.8. The van der Waals surface area contributed by atoms with Crippen LogP contribution in [0.15, 0.2) is 48.5 Å². The lowest BCUT2D eigenvalue weighted by Crippen LogP contribution is -2.39. The van der Waals surface area contributed by atoms with Crippen LogP contribution in [0.5, 0.6) is 0 Å². The summed E-state index contributed by atoms with van der Waals surface area (Å²) >= 11 is 0. The van der Waals surface area contributed by atoms with Crippen LogP contribution in [0.2, 0.25) is 0 Å². The molecule has 0 N–H and O–H groups in total.